The van der Waals surface area contributed by atoms with E-state index in [0.717, 1.165) is 0 Å². The number of hydrogen-bond acceptors (Lipinski definition) is 1. The normalized spacial score (nSPS) is 6.86. The lowest BCUT2D eigenvalue weighted by atomic mass is 10.5. The van der Waals surface area contributed by atoms with E-state index in [4.69, 9.17) is 0 Å². The topological polar surface area (TPSA) is 12.9 Å². The van der Waals surface area contributed by atoms with Gasteiger partial charge < -0.3 is 0 Å². The molecule has 0 aliphatic carbocycles. The molecule has 1 aromatic rings. The molecule has 0 radical (unpaired) electrons. The van der Waals surface area contributed by atoms with Gasteiger partial charge in [-0.05, 0) is 12.1 Å². The number of rotatable bonds is 0. The maximum atomic E-state index is 3.78. The zero-order valence-corrected chi connectivity index (χ0v) is 6.33. The molecule has 0 atom stereocenters. The van der Waals surface area contributed by atoms with Gasteiger partial charge in [-0.2, -0.15) is 0 Å². The van der Waals surface area contributed by atoms with Crippen LogP contribution in [0.5, 0.6) is 0 Å². The highest BCUT2D eigenvalue weighted by molar-refractivity contribution is 4.88. The summed E-state index contributed by atoms with van der Waals surface area (Å²) in [6.07, 6.45) is 3.50. The number of halogens is 1. The lowest BCUT2D eigenvalue weighted by Gasteiger charge is -1.70. The molecule has 1 aromatic heterocycles. The van der Waals surface area contributed by atoms with Crippen LogP contribution in [-0.4, -0.2) is 4.98 Å². The second-order valence-electron chi connectivity index (χ2n) is 1.02. The van der Waals surface area contributed by atoms with Gasteiger partial charge >= 0.3 is 0 Å². The van der Waals surface area contributed by atoms with E-state index in [1.165, 1.54) is 0 Å². The van der Waals surface area contributed by atoms with Gasteiger partial charge in [-0.15, -0.1) is 0 Å². The Morgan fingerprint density at radius 1 is 0.857 bits per heavy atom. The second-order valence-corrected chi connectivity index (χ2v) is 1.02. The first-order chi connectivity index (χ1) is 3.00. The molecule has 7 heavy (non-hydrogen) atoms. The van der Waals surface area contributed by atoms with Crippen molar-refractivity contribution in [3.63, 3.8) is 0 Å². The van der Waals surface area contributed by atoms with E-state index in [9.17, 15) is 0 Å². The third kappa shape index (κ3) is 2.56. The van der Waals surface area contributed by atoms with Crippen molar-refractivity contribution in [2.45, 2.75) is 0 Å². The van der Waals surface area contributed by atoms with Gasteiger partial charge in [0.1, 0.15) is 0 Å². The number of hydrogen-bond donors (Lipinski definition) is 0. The molecule has 1 nitrogen and oxygen atoms in total. The monoisotopic (exact) mass is 208 g/mol. The predicted molar refractivity (Wildman–Crippen MR) is 27.0 cm³/mol. The molecule has 2 heteroatoms. The summed E-state index contributed by atoms with van der Waals surface area (Å²) in [4.78, 5) is 3.78. The van der Waals surface area contributed by atoms with Crippen LogP contribution < -0.4 is 24.0 Å². The zero-order chi connectivity index (χ0) is 4.24. The van der Waals surface area contributed by atoms with Crippen molar-refractivity contribution in [3.8, 4) is 0 Å². The van der Waals surface area contributed by atoms with Crippen molar-refractivity contribution in [3.05, 3.63) is 30.6 Å². The SMILES string of the molecule is [IH2+].c1ccncc1. The first-order valence-electron chi connectivity index (χ1n) is 1.85. The average Bonchev–Trinajstić information content (AvgIpc) is 1.72. The van der Waals surface area contributed by atoms with Crippen LogP contribution in [0.3, 0.4) is 0 Å². The van der Waals surface area contributed by atoms with E-state index >= 15 is 0 Å². The lowest BCUT2D eigenvalue weighted by Crippen LogP contribution is -3.00. The summed E-state index contributed by atoms with van der Waals surface area (Å²) in [5.41, 5.74) is 0. The molecule has 1 heterocycles. The Bertz CT molecular complexity index is 80.0. The van der Waals surface area contributed by atoms with Crippen LogP contribution in [-0.2, 0) is 0 Å². The van der Waals surface area contributed by atoms with Gasteiger partial charge in [-0.3, -0.25) is 4.98 Å². The lowest BCUT2D eigenvalue weighted by molar-refractivity contribution is -0.00000128. The fourth-order valence-electron chi connectivity index (χ4n) is 0.313. The van der Waals surface area contributed by atoms with Crippen molar-refractivity contribution >= 4 is 0 Å². The molecule has 0 aromatic carbocycles. The highest BCUT2D eigenvalue weighted by Crippen LogP contribution is 1.73. The van der Waals surface area contributed by atoms with Gasteiger partial charge in [-0.1, -0.05) is 6.07 Å². The summed E-state index contributed by atoms with van der Waals surface area (Å²) >= 11 is 0. The minimum absolute atomic E-state index is 0. The number of aromatic nitrogens is 1. The Morgan fingerprint density at radius 3 is 1.57 bits per heavy atom. The highest BCUT2D eigenvalue weighted by atomic mass is 127. The van der Waals surface area contributed by atoms with Crippen LogP contribution in [0.2, 0.25) is 0 Å². The maximum absolute atomic E-state index is 3.78. The van der Waals surface area contributed by atoms with Gasteiger partial charge in [0, 0.05) is 12.4 Å². The van der Waals surface area contributed by atoms with Crippen molar-refractivity contribution < 1.29 is 24.0 Å². The Balaban J connectivity index is 0.000000360. The van der Waals surface area contributed by atoms with Crippen LogP contribution in [0.1, 0.15) is 0 Å². The second kappa shape index (κ2) is 4.05. The molecule has 0 aliphatic rings. The van der Waals surface area contributed by atoms with Crippen LogP contribution in [0.25, 0.3) is 0 Å². The summed E-state index contributed by atoms with van der Waals surface area (Å²) < 4.78 is 0. The summed E-state index contributed by atoms with van der Waals surface area (Å²) in [7, 11) is 0. The van der Waals surface area contributed by atoms with E-state index in [0.29, 0.717) is 0 Å². The highest BCUT2D eigenvalue weighted by Gasteiger charge is 1.58. The molecular weight excluding hydrogens is 201 g/mol. The van der Waals surface area contributed by atoms with Gasteiger partial charge in [0.25, 0.3) is 0 Å². The smallest absolute Gasteiger partial charge is 0.235 e. The molecule has 1 rings (SSSR count). The summed E-state index contributed by atoms with van der Waals surface area (Å²) in [5.74, 6) is 0. The van der Waals surface area contributed by atoms with E-state index in [-0.39, 0.29) is 24.0 Å². The molecule has 0 bridgehead atoms. The fourth-order valence-corrected chi connectivity index (χ4v) is 0.313. The van der Waals surface area contributed by atoms with Crippen molar-refractivity contribution in [1.29, 1.82) is 0 Å². The van der Waals surface area contributed by atoms with Gasteiger partial charge in [0.2, 0.25) is 24.0 Å². The molecule has 0 saturated heterocycles. The van der Waals surface area contributed by atoms with Gasteiger partial charge in [0.15, 0.2) is 0 Å². The third-order valence-electron chi connectivity index (χ3n) is 0.566. The van der Waals surface area contributed by atoms with Crippen molar-refractivity contribution in [1.82, 2.24) is 4.98 Å². The van der Waals surface area contributed by atoms with Crippen molar-refractivity contribution in [2.75, 3.05) is 0 Å². The summed E-state index contributed by atoms with van der Waals surface area (Å²) in [6, 6.07) is 5.72. The van der Waals surface area contributed by atoms with E-state index in [1.54, 1.807) is 12.4 Å². The van der Waals surface area contributed by atoms with E-state index in [1.807, 2.05) is 18.2 Å². The molecule has 0 saturated carbocycles. The van der Waals surface area contributed by atoms with Crippen LogP contribution in [0.15, 0.2) is 30.6 Å². The van der Waals surface area contributed by atoms with Crippen LogP contribution >= 0.6 is 0 Å². The third-order valence-corrected chi connectivity index (χ3v) is 0.566. The minimum Gasteiger partial charge on any atom is -0.265 e. The standard InChI is InChI=1S/C5H5N.H2I/c1-2-4-6-5-3-1;/h1-5H;1H2/q;+1. The van der Waals surface area contributed by atoms with E-state index in [2.05, 4.69) is 4.98 Å². The van der Waals surface area contributed by atoms with Crippen LogP contribution in [0.4, 0.5) is 0 Å². The maximum Gasteiger partial charge on any atom is 0.235 e. The molecule has 0 spiro atoms. The molecule has 0 aliphatic heterocycles. The number of nitrogens with zero attached hydrogens (tertiary/aromatic N) is 1. The van der Waals surface area contributed by atoms with E-state index < -0.39 is 0 Å². The first-order valence-corrected chi connectivity index (χ1v) is 1.85. The Morgan fingerprint density at radius 2 is 1.43 bits per heavy atom. The zero-order valence-electron chi connectivity index (χ0n) is 3.78. The fraction of sp³-hybridized carbons (Fsp3) is 0. The Hall–Kier alpha value is -0.120. The quantitative estimate of drug-likeness (QED) is 0.431. The molecule has 0 N–H and O–H groups in total. The van der Waals surface area contributed by atoms with Crippen LogP contribution in [0, 0.1) is 0 Å². The van der Waals surface area contributed by atoms with Crippen molar-refractivity contribution in [2.24, 2.45) is 0 Å². The van der Waals surface area contributed by atoms with Gasteiger partial charge in [-0.25, -0.2) is 0 Å². The summed E-state index contributed by atoms with van der Waals surface area (Å²) in [6.45, 7) is 0. The Labute approximate surface area is 59.8 Å². The van der Waals surface area contributed by atoms with Gasteiger partial charge in [0.05, 0.1) is 0 Å². The summed E-state index contributed by atoms with van der Waals surface area (Å²) in [5, 5.41) is 0. The largest absolute Gasteiger partial charge is 0.265 e. The predicted octanol–water partition coefficient (Wildman–Crippen LogP) is -2.45. The Kier molecular flexibility index (Phi) is 3.98. The molecule has 38 valence electrons. The number of pyridine rings is 1. The first kappa shape index (κ1) is 6.88. The molecule has 0 unspecified atom stereocenters. The minimum atomic E-state index is 0. The molecular formula is C5H7IN+. The molecule has 0 fully saturated rings. The molecule has 0 amide bonds. The average molecular weight is 208 g/mol.